The third-order valence-corrected chi connectivity index (χ3v) is 6.17. The summed E-state index contributed by atoms with van der Waals surface area (Å²) in [5.74, 6) is -2.27. The Kier molecular flexibility index (Phi) is 10.3. The molecule has 0 fully saturated rings. The Balaban J connectivity index is 1.83. The number of aliphatic hydroxyl groups excluding tert-OH is 1. The van der Waals surface area contributed by atoms with Crippen LogP contribution in [0, 0.1) is 0 Å². The van der Waals surface area contributed by atoms with Crippen molar-refractivity contribution < 1.29 is 34.1 Å². The van der Waals surface area contributed by atoms with E-state index in [0.29, 0.717) is 22.8 Å². The largest absolute Gasteiger partial charge is 0.497 e. The third kappa shape index (κ3) is 7.56. The van der Waals surface area contributed by atoms with E-state index in [-0.39, 0.29) is 31.0 Å². The standard InChI is InChI=1S/C27H30ClN3O7/c1-3-4-13-38-27(36)24(32)21(14-18-7-5-6-8-20(18)28)29-25(33)22-15-23(26(34)35)31(30-22)16-17-9-11-19(37-2)12-10-17/h5-12,15,21,24,32H,3-4,13-14,16H2,1-2H3,(H,29,33)(H,34,35)/t21-,24-/m1/s1. The maximum Gasteiger partial charge on any atom is 0.354 e. The lowest BCUT2D eigenvalue weighted by molar-refractivity contribution is -0.155. The monoisotopic (exact) mass is 543 g/mol. The van der Waals surface area contributed by atoms with Crippen LogP contribution < -0.4 is 10.1 Å². The summed E-state index contributed by atoms with van der Waals surface area (Å²) in [7, 11) is 1.54. The van der Waals surface area contributed by atoms with Gasteiger partial charge in [0.15, 0.2) is 11.8 Å². The lowest BCUT2D eigenvalue weighted by Gasteiger charge is -2.23. The second-order valence-electron chi connectivity index (χ2n) is 8.57. The number of hydrogen-bond donors (Lipinski definition) is 3. The molecule has 0 aliphatic heterocycles. The molecule has 38 heavy (non-hydrogen) atoms. The van der Waals surface area contributed by atoms with Gasteiger partial charge in [0, 0.05) is 11.1 Å². The van der Waals surface area contributed by atoms with Crippen LogP contribution in [-0.4, -0.2) is 63.7 Å². The first kappa shape index (κ1) is 28.7. The van der Waals surface area contributed by atoms with Crippen LogP contribution in [0.15, 0.2) is 54.6 Å². The van der Waals surface area contributed by atoms with Gasteiger partial charge in [0.2, 0.25) is 0 Å². The van der Waals surface area contributed by atoms with Gasteiger partial charge < -0.3 is 25.0 Å². The smallest absolute Gasteiger partial charge is 0.354 e. The lowest BCUT2D eigenvalue weighted by atomic mass is 10.0. The maximum absolute atomic E-state index is 13.1. The van der Waals surface area contributed by atoms with Gasteiger partial charge in [0.25, 0.3) is 5.91 Å². The SMILES string of the molecule is CCCCOC(=O)[C@H](O)[C@@H](Cc1ccccc1Cl)NC(=O)c1cc(C(=O)O)n(Cc2ccc(OC)cc2)n1. The fourth-order valence-corrected chi connectivity index (χ4v) is 3.89. The molecule has 202 valence electrons. The van der Waals surface area contributed by atoms with E-state index in [9.17, 15) is 24.6 Å². The van der Waals surface area contributed by atoms with Gasteiger partial charge in [-0.3, -0.25) is 9.48 Å². The van der Waals surface area contributed by atoms with Gasteiger partial charge in [0.1, 0.15) is 11.4 Å². The van der Waals surface area contributed by atoms with Crippen molar-refractivity contribution in [3.63, 3.8) is 0 Å². The molecule has 11 heteroatoms. The van der Waals surface area contributed by atoms with Crippen LogP contribution >= 0.6 is 11.6 Å². The summed E-state index contributed by atoms with van der Waals surface area (Å²) in [5.41, 5.74) is 0.945. The van der Waals surface area contributed by atoms with E-state index in [1.807, 2.05) is 6.92 Å². The van der Waals surface area contributed by atoms with Gasteiger partial charge in [-0.25, -0.2) is 9.59 Å². The number of nitrogens with zero attached hydrogens (tertiary/aromatic N) is 2. The number of halogens is 1. The van der Waals surface area contributed by atoms with Gasteiger partial charge in [-0.1, -0.05) is 55.3 Å². The van der Waals surface area contributed by atoms with Crippen LogP contribution in [0.25, 0.3) is 0 Å². The van der Waals surface area contributed by atoms with Crippen molar-refractivity contribution in [2.45, 2.75) is 44.9 Å². The number of aromatic nitrogens is 2. The summed E-state index contributed by atoms with van der Waals surface area (Å²) in [4.78, 5) is 37.5. The third-order valence-electron chi connectivity index (χ3n) is 5.80. The van der Waals surface area contributed by atoms with Crippen LogP contribution in [0.4, 0.5) is 0 Å². The Morgan fingerprint density at radius 3 is 2.47 bits per heavy atom. The summed E-state index contributed by atoms with van der Waals surface area (Å²) < 4.78 is 11.5. The summed E-state index contributed by atoms with van der Waals surface area (Å²) in [6, 6.07) is 13.8. The molecule has 1 heterocycles. The van der Waals surface area contributed by atoms with Gasteiger partial charge in [-0.2, -0.15) is 5.10 Å². The topological polar surface area (TPSA) is 140 Å². The molecule has 2 aromatic carbocycles. The number of benzene rings is 2. The molecular formula is C27H30ClN3O7. The van der Waals surface area contributed by atoms with Crippen molar-refractivity contribution in [2.24, 2.45) is 0 Å². The average Bonchev–Trinajstić information content (AvgIpc) is 3.34. The molecule has 3 N–H and O–H groups in total. The number of unbranched alkanes of at least 4 members (excludes halogenated alkanes) is 1. The average molecular weight is 544 g/mol. The van der Waals surface area contributed by atoms with Crippen molar-refractivity contribution in [3.05, 3.63) is 82.1 Å². The first-order valence-corrected chi connectivity index (χ1v) is 12.4. The highest BCUT2D eigenvalue weighted by Crippen LogP contribution is 2.19. The van der Waals surface area contributed by atoms with E-state index in [4.69, 9.17) is 21.1 Å². The first-order valence-electron chi connectivity index (χ1n) is 12.1. The molecule has 10 nitrogen and oxygen atoms in total. The van der Waals surface area contributed by atoms with E-state index in [2.05, 4.69) is 10.4 Å². The van der Waals surface area contributed by atoms with Crippen molar-refractivity contribution >= 4 is 29.4 Å². The van der Waals surface area contributed by atoms with E-state index in [1.165, 1.54) is 11.8 Å². The number of hydrogen-bond acceptors (Lipinski definition) is 7. The van der Waals surface area contributed by atoms with Gasteiger partial charge >= 0.3 is 11.9 Å². The fourth-order valence-electron chi connectivity index (χ4n) is 3.68. The first-order chi connectivity index (χ1) is 18.2. The Hall–Kier alpha value is -3.89. The minimum atomic E-state index is -1.69. The molecule has 0 saturated carbocycles. The molecular weight excluding hydrogens is 514 g/mol. The van der Waals surface area contributed by atoms with E-state index >= 15 is 0 Å². The summed E-state index contributed by atoms with van der Waals surface area (Å²) >= 11 is 6.26. The number of rotatable bonds is 13. The molecule has 0 aliphatic rings. The van der Waals surface area contributed by atoms with E-state index in [0.717, 1.165) is 18.1 Å². The summed E-state index contributed by atoms with van der Waals surface area (Å²) in [6.07, 6.45) is -0.238. The Labute approximate surface area is 225 Å². The number of esters is 1. The van der Waals surface area contributed by atoms with Crippen molar-refractivity contribution in [3.8, 4) is 5.75 Å². The molecule has 2 atom stereocenters. The Morgan fingerprint density at radius 1 is 1.13 bits per heavy atom. The lowest BCUT2D eigenvalue weighted by Crippen LogP contribution is -2.49. The summed E-state index contributed by atoms with van der Waals surface area (Å²) in [6.45, 7) is 2.16. The molecule has 3 aromatic rings. The van der Waals surface area contributed by atoms with Crippen molar-refractivity contribution in [1.29, 1.82) is 0 Å². The summed E-state index contributed by atoms with van der Waals surface area (Å²) in [5, 5.41) is 27.6. The number of carboxylic acid groups (broad SMARTS) is 1. The quantitative estimate of drug-likeness (QED) is 0.220. The zero-order valence-electron chi connectivity index (χ0n) is 21.1. The molecule has 1 amide bonds. The van der Waals surface area contributed by atoms with E-state index < -0.39 is 30.0 Å². The van der Waals surface area contributed by atoms with Crippen LogP contribution in [-0.2, 0) is 22.5 Å². The minimum absolute atomic E-state index is 0.0216. The highest BCUT2D eigenvalue weighted by molar-refractivity contribution is 6.31. The van der Waals surface area contributed by atoms with E-state index in [1.54, 1.807) is 48.5 Å². The second-order valence-corrected chi connectivity index (χ2v) is 8.97. The second kappa shape index (κ2) is 13.6. The highest BCUT2D eigenvalue weighted by atomic mass is 35.5. The zero-order valence-corrected chi connectivity index (χ0v) is 21.9. The molecule has 0 aliphatic carbocycles. The minimum Gasteiger partial charge on any atom is -0.497 e. The van der Waals surface area contributed by atoms with Gasteiger partial charge in [-0.15, -0.1) is 0 Å². The van der Waals surface area contributed by atoms with Crippen LogP contribution in [0.3, 0.4) is 0 Å². The highest BCUT2D eigenvalue weighted by Gasteiger charge is 2.31. The number of carboxylic acids is 1. The zero-order chi connectivity index (χ0) is 27.7. The normalized spacial score (nSPS) is 12.4. The number of carbonyl (C=O) groups excluding carboxylic acids is 2. The number of ether oxygens (including phenoxy) is 2. The number of amides is 1. The van der Waals surface area contributed by atoms with Crippen LogP contribution in [0.1, 0.15) is 51.9 Å². The number of nitrogens with one attached hydrogen (secondary N) is 1. The van der Waals surface area contributed by atoms with Crippen LogP contribution in [0.2, 0.25) is 5.02 Å². The van der Waals surface area contributed by atoms with Crippen LogP contribution in [0.5, 0.6) is 5.75 Å². The van der Waals surface area contributed by atoms with Gasteiger partial charge in [-0.05, 0) is 42.2 Å². The van der Waals surface area contributed by atoms with Crippen molar-refractivity contribution in [1.82, 2.24) is 15.1 Å². The molecule has 0 radical (unpaired) electrons. The predicted octanol–water partition coefficient (Wildman–Crippen LogP) is 3.34. The molecule has 0 bridgehead atoms. The maximum atomic E-state index is 13.1. The van der Waals surface area contributed by atoms with Gasteiger partial charge in [0.05, 0.1) is 26.3 Å². The molecule has 3 rings (SSSR count). The number of aliphatic hydroxyl groups is 1. The number of methoxy groups -OCH3 is 1. The molecule has 0 saturated heterocycles. The number of carbonyl (C=O) groups is 3. The van der Waals surface area contributed by atoms with Crippen molar-refractivity contribution in [2.75, 3.05) is 13.7 Å². The Morgan fingerprint density at radius 2 is 1.84 bits per heavy atom. The predicted molar refractivity (Wildman–Crippen MR) is 140 cm³/mol. The molecule has 0 unspecified atom stereocenters. The molecule has 1 aromatic heterocycles. The number of aromatic carboxylic acids is 1. The molecule has 0 spiro atoms. The Bertz CT molecular complexity index is 1260. The fraction of sp³-hybridized carbons (Fsp3) is 0.333.